The van der Waals surface area contributed by atoms with Gasteiger partial charge in [0.2, 0.25) is 0 Å². The highest BCUT2D eigenvalue weighted by Crippen LogP contribution is 2.43. The van der Waals surface area contributed by atoms with E-state index in [4.69, 9.17) is 4.74 Å². The Labute approximate surface area is 115 Å². The van der Waals surface area contributed by atoms with Gasteiger partial charge < -0.3 is 4.74 Å². The molecule has 1 saturated carbocycles. The van der Waals surface area contributed by atoms with Gasteiger partial charge in [-0.15, -0.1) is 5.10 Å². The van der Waals surface area contributed by atoms with Crippen molar-refractivity contribution in [3.8, 4) is 5.69 Å². The Balaban J connectivity index is 1.85. The summed E-state index contributed by atoms with van der Waals surface area (Å²) in [6, 6.07) is 3.49. The lowest BCUT2D eigenvalue weighted by molar-refractivity contribution is 0.00391. The summed E-state index contributed by atoms with van der Waals surface area (Å²) in [5.41, 5.74) is 2.55. The molecule has 0 atom stereocenters. The minimum atomic E-state index is -0.155. The molecule has 1 saturated heterocycles. The van der Waals surface area contributed by atoms with E-state index in [1.165, 1.54) is 0 Å². The summed E-state index contributed by atoms with van der Waals surface area (Å²) in [6.45, 7) is 3.07. The molecule has 0 radical (unpaired) electrons. The van der Waals surface area contributed by atoms with Crippen molar-refractivity contribution >= 4 is 0 Å². The molecule has 2 aliphatic rings. The summed E-state index contributed by atoms with van der Waals surface area (Å²) < 4.78 is 20.8. The normalized spacial score (nSPS) is 19.1. The van der Waals surface area contributed by atoms with Crippen LogP contribution in [0.4, 0.5) is 4.39 Å². The standard InChI is InChI=1S/C14H15FN4O/c1-8-4-13(11(5-12(8)15)9-2-3-9)19-14(16-17-18-19)10-6-20-7-10/h4-5,9-10H,2-3,6-7H2,1H3. The summed E-state index contributed by atoms with van der Waals surface area (Å²) in [7, 11) is 0. The zero-order valence-corrected chi connectivity index (χ0v) is 11.2. The third-order valence-corrected chi connectivity index (χ3v) is 4.05. The Morgan fingerprint density at radius 3 is 2.70 bits per heavy atom. The van der Waals surface area contributed by atoms with E-state index in [0.29, 0.717) is 24.7 Å². The van der Waals surface area contributed by atoms with Gasteiger partial charge in [0.1, 0.15) is 5.82 Å². The first-order chi connectivity index (χ1) is 9.74. The molecule has 0 bridgehead atoms. The van der Waals surface area contributed by atoms with Crippen molar-refractivity contribution in [1.82, 2.24) is 20.2 Å². The van der Waals surface area contributed by atoms with E-state index in [0.717, 1.165) is 29.9 Å². The largest absolute Gasteiger partial charge is 0.380 e. The topological polar surface area (TPSA) is 52.8 Å². The molecule has 1 aliphatic carbocycles. The van der Waals surface area contributed by atoms with E-state index in [1.54, 1.807) is 17.7 Å². The van der Waals surface area contributed by atoms with Crippen molar-refractivity contribution in [3.05, 3.63) is 34.9 Å². The number of rotatable bonds is 3. The van der Waals surface area contributed by atoms with Crippen LogP contribution in [0.2, 0.25) is 0 Å². The number of halogens is 1. The summed E-state index contributed by atoms with van der Waals surface area (Å²) in [6.07, 6.45) is 2.22. The van der Waals surface area contributed by atoms with Crippen LogP contribution >= 0.6 is 0 Å². The number of hydrogen-bond donors (Lipinski definition) is 0. The van der Waals surface area contributed by atoms with E-state index in [-0.39, 0.29) is 11.7 Å². The average molecular weight is 274 g/mol. The molecule has 0 amide bonds. The molecule has 1 aromatic carbocycles. The number of aryl methyl sites for hydroxylation is 1. The molecule has 2 aromatic rings. The molecule has 104 valence electrons. The predicted octanol–water partition coefficient (Wildman–Crippen LogP) is 2.10. The lowest BCUT2D eigenvalue weighted by atomic mass is 10.0. The van der Waals surface area contributed by atoms with E-state index in [1.807, 2.05) is 6.07 Å². The minimum Gasteiger partial charge on any atom is -0.380 e. The van der Waals surface area contributed by atoms with Gasteiger partial charge in [0, 0.05) is 0 Å². The Morgan fingerprint density at radius 1 is 1.25 bits per heavy atom. The predicted molar refractivity (Wildman–Crippen MR) is 69.4 cm³/mol. The highest BCUT2D eigenvalue weighted by atomic mass is 19.1. The van der Waals surface area contributed by atoms with Gasteiger partial charge in [0.25, 0.3) is 0 Å². The van der Waals surface area contributed by atoms with Crippen LogP contribution in [-0.4, -0.2) is 33.4 Å². The lowest BCUT2D eigenvalue weighted by Gasteiger charge is -2.25. The zero-order valence-electron chi connectivity index (χ0n) is 11.2. The highest BCUT2D eigenvalue weighted by molar-refractivity contribution is 5.48. The number of aromatic nitrogens is 4. The molecular formula is C14H15FN4O. The Morgan fingerprint density at radius 2 is 2.05 bits per heavy atom. The van der Waals surface area contributed by atoms with Gasteiger partial charge in [-0.25, -0.2) is 4.39 Å². The van der Waals surface area contributed by atoms with Crippen molar-refractivity contribution in [1.29, 1.82) is 0 Å². The fourth-order valence-electron chi connectivity index (χ4n) is 2.59. The van der Waals surface area contributed by atoms with Crippen molar-refractivity contribution in [2.24, 2.45) is 0 Å². The second-order valence-corrected chi connectivity index (χ2v) is 5.62. The molecule has 1 aromatic heterocycles. The van der Waals surface area contributed by atoms with Crippen LogP contribution in [0.3, 0.4) is 0 Å². The molecule has 4 rings (SSSR count). The van der Waals surface area contributed by atoms with Crippen molar-refractivity contribution in [3.63, 3.8) is 0 Å². The molecular weight excluding hydrogens is 259 g/mol. The fraction of sp³-hybridized carbons (Fsp3) is 0.500. The van der Waals surface area contributed by atoms with E-state index in [9.17, 15) is 4.39 Å². The first-order valence-electron chi connectivity index (χ1n) is 6.90. The van der Waals surface area contributed by atoms with E-state index in [2.05, 4.69) is 15.5 Å². The minimum absolute atomic E-state index is 0.155. The van der Waals surface area contributed by atoms with Gasteiger partial charge in [0.05, 0.1) is 24.8 Å². The molecule has 2 heterocycles. The van der Waals surface area contributed by atoms with Crippen LogP contribution in [-0.2, 0) is 4.74 Å². The number of nitrogens with zero attached hydrogens (tertiary/aromatic N) is 4. The third-order valence-electron chi connectivity index (χ3n) is 4.05. The lowest BCUT2D eigenvalue weighted by Crippen LogP contribution is -2.28. The Kier molecular flexibility index (Phi) is 2.60. The fourth-order valence-corrected chi connectivity index (χ4v) is 2.59. The monoisotopic (exact) mass is 274 g/mol. The van der Waals surface area contributed by atoms with Crippen LogP contribution in [0.1, 0.15) is 41.6 Å². The molecule has 20 heavy (non-hydrogen) atoms. The molecule has 5 nitrogen and oxygen atoms in total. The Hall–Kier alpha value is -1.82. The maximum atomic E-state index is 13.8. The first-order valence-corrected chi connectivity index (χ1v) is 6.90. The van der Waals surface area contributed by atoms with Gasteiger partial charge >= 0.3 is 0 Å². The van der Waals surface area contributed by atoms with Gasteiger partial charge in [-0.3, -0.25) is 0 Å². The molecule has 0 spiro atoms. The number of tetrazole rings is 1. The number of benzene rings is 1. The summed E-state index contributed by atoms with van der Waals surface area (Å²) in [5.74, 6) is 1.33. The van der Waals surface area contributed by atoms with Crippen LogP contribution in [0.15, 0.2) is 12.1 Å². The Bertz CT molecular complexity index is 661. The van der Waals surface area contributed by atoms with Crippen molar-refractivity contribution < 1.29 is 9.13 Å². The average Bonchev–Trinajstić information content (AvgIpc) is 3.11. The van der Waals surface area contributed by atoms with Crippen LogP contribution in [0, 0.1) is 12.7 Å². The smallest absolute Gasteiger partial charge is 0.164 e. The van der Waals surface area contributed by atoms with Gasteiger partial charge in [0.15, 0.2) is 5.82 Å². The van der Waals surface area contributed by atoms with Gasteiger partial charge in [-0.05, 0) is 59.4 Å². The van der Waals surface area contributed by atoms with Gasteiger partial charge in [-0.1, -0.05) is 0 Å². The second kappa shape index (κ2) is 4.34. The highest BCUT2D eigenvalue weighted by Gasteiger charge is 2.31. The quantitative estimate of drug-likeness (QED) is 0.860. The number of hydrogen-bond acceptors (Lipinski definition) is 4. The molecule has 0 N–H and O–H groups in total. The SMILES string of the molecule is Cc1cc(-n2nnnc2C2COC2)c(C2CC2)cc1F. The summed E-state index contributed by atoms with van der Waals surface area (Å²) in [4.78, 5) is 0. The van der Waals surface area contributed by atoms with Crippen molar-refractivity contribution in [2.45, 2.75) is 31.6 Å². The molecule has 0 unspecified atom stereocenters. The molecule has 6 heteroatoms. The van der Waals surface area contributed by atoms with Crippen LogP contribution in [0.25, 0.3) is 5.69 Å². The summed E-state index contributed by atoms with van der Waals surface area (Å²) >= 11 is 0. The van der Waals surface area contributed by atoms with Crippen LogP contribution < -0.4 is 0 Å². The van der Waals surface area contributed by atoms with E-state index >= 15 is 0 Å². The molecule has 1 aliphatic heterocycles. The summed E-state index contributed by atoms with van der Waals surface area (Å²) in [5, 5.41) is 12.0. The van der Waals surface area contributed by atoms with E-state index < -0.39 is 0 Å². The number of ether oxygens (including phenoxy) is 1. The molecule has 2 fully saturated rings. The van der Waals surface area contributed by atoms with Crippen molar-refractivity contribution in [2.75, 3.05) is 13.2 Å². The van der Waals surface area contributed by atoms with Crippen LogP contribution in [0.5, 0.6) is 0 Å². The zero-order chi connectivity index (χ0) is 13.7. The first kappa shape index (κ1) is 12.0. The third kappa shape index (κ3) is 1.83. The van der Waals surface area contributed by atoms with Gasteiger partial charge in [-0.2, -0.15) is 4.68 Å². The maximum Gasteiger partial charge on any atom is 0.164 e. The maximum absolute atomic E-state index is 13.8. The second-order valence-electron chi connectivity index (χ2n) is 5.62.